The first kappa shape index (κ1) is 23.6. The van der Waals surface area contributed by atoms with Crippen LogP contribution in [0.4, 0.5) is 0 Å². The van der Waals surface area contributed by atoms with Crippen LogP contribution in [0.5, 0.6) is 0 Å². The molecule has 1 heterocycles. The third kappa shape index (κ3) is 2.27. The van der Waals surface area contributed by atoms with Gasteiger partial charge in [0.1, 0.15) is 6.10 Å². The molecule has 34 heavy (non-hydrogen) atoms. The Morgan fingerprint density at radius 3 is 2.47 bits per heavy atom. The van der Waals surface area contributed by atoms with E-state index in [2.05, 4.69) is 18.7 Å². The van der Waals surface area contributed by atoms with Crippen molar-refractivity contribution in [1.82, 2.24) is 4.90 Å². The normalized spacial score (nSPS) is 59.2. The summed E-state index contributed by atoms with van der Waals surface area (Å²) < 4.78 is 25.0. The molecule has 1 saturated heterocycles. The van der Waals surface area contributed by atoms with Crippen LogP contribution in [-0.2, 0) is 23.7 Å². The Bertz CT molecular complexity index is 885. The van der Waals surface area contributed by atoms with Gasteiger partial charge in [0, 0.05) is 76.3 Å². The zero-order chi connectivity index (χ0) is 24.4. The molecule has 0 aromatic rings. The fourth-order valence-electron chi connectivity index (χ4n) is 11.1. The molecule has 8 nitrogen and oxygen atoms in total. The predicted molar refractivity (Wildman–Crippen MR) is 122 cm³/mol. The lowest BCUT2D eigenvalue weighted by atomic mass is 9.41. The molecule has 6 fully saturated rings. The summed E-state index contributed by atoms with van der Waals surface area (Å²) in [7, 11) is 5.13. The average molecular weight is 480 g/mol. The lowest BCUT2D eigenvalue weighted by Gasteiger charge is -2.71. The molecule has 0 amide bonds. The summed E-state index contributed by atoms with van der Waals surface area (Å²) in [6, 6.07) is -0.0760. The fraction of sp³-hybridized carbons (Fsp3) is 0.962. The Labute approximate surface area is 202 Å². The zero-order valence-electron chi connectivity index (χ0n) is 21.3. The van der Waals surface area contributed by atoms with Crippen molar-refractivity contribution in [2.75, 3.05) is 34.4 Å². The maximum absolute atomic E-state index is 13.1. The second-order valence-electron chi connectivity index (χ2n) is 12.3. The average Bonchev–Trinajstić information content (AvgIpc) is 3.15. The number of rotatable bonds is 5. The highest BCUT2D eigenvalue weighted by molar-refractivity contribution is 5.66. The van der Waals surface area contributed by atoms with Gasteiger partial charge in [0.15, 0.2) is 0 Å². The van der Waals surface area contributed by atoms with Gasteiger partial charge in [-0.1, -0.05) is 13.8 Å². The van der Waals surface area contributed by atoms with Crippen LogP contribution >= 0.6 is 0 Å². The molecule has 1 aliphatic heterocycles. The van der Waals surface area contributed by atoms with E-state index in [9.17, 15) is 15.0 Å². The standard InChI is InChI=1S/C26H41NO7/c1-7-27-12-23(3)9-8-16(32-5)26-21(23)19(34-13(2)28)17(22(26)27)24(33-6)11-15(31-4)14-10-25(26,30)20(24)18(14)29/h14-22,29-30H,7-12H2,1-6H3/t14-,15-,16-,17+,18-,19+,20+,21+,22+,23-,24-,25-,26?/m0/s1. The van der Waals surface area contributed by atoms with Crippen molar-refractivity contribution in [2.24, 2.45) is 34.5 Å². The number of carbonyl (C=O) groups is 1. The van der Waals surface area contributed by atoms with E-state index in [1.807, 2.05) is 0 Å². The molecule has 13 atom stereocenters. The van der Waals surface area contributed by atoms with Gasteiger partial charge in [-0.05, 0) is 31.2 Å². The van der Waals surface area contributed by atoms with Gasteiger partial charge in [-0.25, -0.2) is 0 Å². The Morgan fingerprint density at radius 1 is 1.15 bits per heavy atom. The molecular formula is C26H41NO7. The quantitative estimate of drug-likeness (QED) is 0.568. The van der Waals surface area contributed by atoms with Crippen molar-refractivity contribution in [3.63, 3.8) is 0 Å². The summed E-state index contributed by atoms with van der Waals surface area (Å²) in [6.45, 7) is 7.68. The van der Waals surface area contributed by atoms with E-state index in [4.69, 9.17) is 18.9 Å². The van der Waals surface area contributed by atoms with Crippen LogP contribution in [0.3, 0.4) is 0 Å². The molecule has 1 unspecified atom stereocenters. The molecule has 0 aromatic heterocycles. The fourth-order valence-corrected chi connectivity index (χ4v) is 11.1. The number of aliphatic hydroxyl groups excluding tert-OH is 1. The summed E-state index contributed by atoms with van der Waals surface area (Å²) in [4.78, 5) is 15.1. The molecule has 8 heteroatoms. The predicted octanol–water partition coefficient (Wildman–Crippen LogP) is 1.22. The van der Waals surface area contributed by atoms with Crippen LogP contribution in [-0.4, -0.2) is 97.2 Å². The largest absolute Gasteiger partial charge is 0.462 e. The first-order chi connectivity index (χ1) is 16.1. The number of aliphatic hydroxyl groups is 2. The van der Waals surface area contributed by atoms with E-state index in [1.165, 1.54) is 6.92 Å². The van der Waals surface area contributed by atoms with Crippen LogP contribution in [0, 0.1) is 34.5 Å². The third-order valence-corrected chi connectivity index (χ3v) is 11.6. The molecule has 0 aromatic carbocycles. The molecule has 5 saturated carbocycles. The smallest absolute Gasteiger partial charge is 0.302 e. The summed E-state index contributed by atoms with van der Waals surface area (Å²) in [5.41, 5.74) is -2.91. The van der Waals surface area contributed by atoms with Crippen molar-refractivity contribution >= 4 is 5.97 Å². The first-order valence-corrected chi connectivity index (χ1v) is 13.0. The molecule has 192 valence electrons. The van der Waals surface area contributed by atoms with Gasteiger partial charge in [-0.2, -0.15) is 0 Å². The molecule has 6 aliphatic rings. The van der Waals surface area contributed by atoms with E-state index in [0.717, 1.165) is 25.9 Å². The number of fused-ring (bicyclic) bond motifs is 2. The summed E-state index contributed by atoms with van der Waals surface area (Å²) in [5.74, 6) is -1.22. The highest BCUT2D eigenvalue weighted by Crippen LogP contribution is 2.81. The number of hydrogen-bond donors (Lipinski definition) is 2. The van der Waals surface area contributed by atoms with Crippen LogP contribution in [0.25, 0.3) is 0 Å². The Kier molecular flexibility index (Phi) is 4.98. The van der Waals surface area contributed by atoms with Gasteiger partial charge < -0.3 is 29.2 Å². The minimum Gasteiger partial charge on any atom is -0.462 e. The van der Waals surface area contributed by atoms with Crippen molar-refractivity contribution in [3.05, 3.63) is 0 Å². The van der Waals surface area contributed by atoms with Crippen LogP contribution in [0.1, 0.15) is 46.5 Å². The third-order valence-electron chi connectivity index (χ3n) is 11.6. The number of likely N-dealkylation sites (tertiary alicyclic amines) is 1. The van der Waals surface area contributed by atoms with Crippen molar-refractivity contribution in [1.29, 1.82) is 0 Å². The first-order valence-electron chi connectivity index (χ1n) is 13.0. The summed E-state index contributed by atoms with van der Waals surface area (Å²) in [5, 5.41) is 24.8. The maximum Gasteiger partial charge on any atom is 0.302 e. The molecule has 6 rings (SSSR count). The highest BCUT2D eigenvalue weighted by Gasteiger charge is 2.91. The van der Waals surface area contributed by atoms with E-state index in [1.54, 1.807) is 21.3 Å². The lowest BCUT2D eigenvalue weighted by Crippen LogP contribution is -2.81. The Morgan fingerprint density at radius 2 is 1.88 bits per heavy atom. The number of hydrogen-bond acceptors (Lipinski definition) is 8. The number of carbonyl (C=O) groups excluding carboxylic acids is 1. The lowest BCUT2D eigenvalue weighted by molar-refractivity contribution is -0.328. The van der Waals surface area contributed by atoms with Gasteiger partial charge in [0.2, 0.25) is 0 Å². The topological polar surface area (TPSA) is 97.7 Å². The summed E-state index contributed by atoms with van der Waals surface area (Å²) in [6.07, 6.45) is 1.21. The van der Waals surface area contributed by atoms with E-state index in [-0.39, 0.29) is 47.4 Å². The second kappa shape index (κ2) is 7.17. The number of nitrogens with zero attached hydrogens (tertiary/aromatic N) is 1. The molecule has 0 radical (unpaired) electrons. The van der Waals surface area contributed by atoms with Crippen molar-refractivity contribution in [2.45, 2.75) is 88.1 Å². The maximum atomic E-state index is 13.1. The van der Waals surface area contributed by atoms with Crippen molar-refractivity contribution in [3.8, 4) is 0 Å². The minimum absolute atomic E-state index is 0.0741. The SMILES string of the molecule is CCN1C[C@]2(C)CC[C@H](OC)C34[C@H]1[C@@H]([C@@H](OC(C)=O)[C@@H]32)[C@@]1(OC)C[C@H](OC)[C@@H]2C[C@]4(O)[C@@H]1[C@H]2O. The molecule has 1 spiro atoms. The van der Waals surface area contributed by atoms with E-state index < -0.39 is 34.7 Å². The summed E-state index contributed by atoms with van der Waals surface area (Å²) >= 11 is 0. The van der Waals surface area contributed by atoms with Gasteiger partial charge in [-0.3, -0.25) is 9.69 Å². The second-order valence-corrected chi connectivity index (χ2v) is 12.3. The Balaban J connectivity index is 1.70. The molecule has 7 bridgehead atoms. The zero-order valence-corrected chi connectivity index (χ0v) is 21.3. The number of ether oxygens (including phenoxy) is 4. The van der Waals surface area contributed by atoms with Crippen LogP contribution in [0.2, 0.25) is 0 Å². The monoisotopic (exact) mass is 479 g/mol. The Hall–Kier alpha value is -0.770. The number of piperidine rings is 1. The van der Waals surface area contributed by atoms with Gasteiger partial charge in [-0.15, -0.1) is 0 Å². The van der Waals surface area contributed by atoms with Gasteiger partial charge >= 0.3 is 5.97 Å². The number of methoxy groups -OCH3 is 3. The molecular weight excluding hydrogens is 438 g/mol. The highest BCUT2D eigenvalue weighted by atomic mass is 16.6. The molecule has 5 aliphatic carbocycles. The van der Waals surface area contributed by atoms with Crippen molar-refractivity contribution < 1.29 is 34.0 Å². The minimum atomic E-state index is -1.22. The van der Waals surface area contributed by atoms with E-state index >= 15 is 0 Å². The molecule has 2 N–H and O–H groups in total. The van der Waals surface area contributed by atoms with E-state index in [0.29, 0.717) is 12.8 Å². The number of esters is 1. The van der Waals surface area contributed by atoms with Gasteiger partial charge in [0.25, 0.3) is 0 Å². The van der Waals surface area contributed by atoms with Crippen LogP contribution in [0.15, 0.2) is 0 Å². The van der Waals surface area contributed by atoms with Gasteiger partial charge in [0.05, 0.1) is 29.5 Å². The van der Waals surface area contributed by atoms with Crippen LogP contribution < -0.4 is 0 Å².